The summed E-state index contributed by atoms with van der Waals surface area (Å²) in [6, 6.07) is 2.49. The molecule has 2 amide bonds. The molecule has 1 unspecified atom stereocenters. The lowest BCUT2D eigenvalue weighted by Gasteiger charge is -2.19. The van der Waals surface area contributed by atoms with E-state index >= 15 is 0 Å². The minimum Gasteiger partial charge on any atom is -0.273 e. The highest BCUT2D eigenvalue weighted by Crippen LogP contribution is 2.42. The standard InChI is InChI=1S/C22H13Cl3F10N2O2/c23-14-6-10(7-15(24)18(14)25)12(21(30,31)32)8-16(26)9-1-2-11(13(5-9)22(33,34)35)19(39)37-36-17(38)3-4-20(27,28)29/h1-2,5-8,12H,3-4H2,(H,36,38)(H,37,39). The number of halogens is 13. The Balaban J connectivity index is 2.41. The molecule has 0 saturated heterocycles. The minimum absolute atomic E-state index is 0.0357. The molecular weight excluding hydrogens is 621 g/mol. The molecule has 0 aromatic heterocycles. The average Bonchev–Trinajstić information content (AvgIpc) is 2.80. The molecule has 2 aromatic rings. The zero-order chi connectivity index (χ0) is 29.9. The van der Waals surface area contributed by atoms with Crippen LogP contribution in [-0.2, 0) is 11.0 Å². The third kappa shape index (κ3) is 9.17. The van der Waals surface area contributed by atoms with Gasteiger partial charge >= 0.3 is 18.5 Å². The van der Waals surface area contributed by atoms with E-state index < -0.39 is 87.2 Å². The lowest BCUT2D eigenvalue weighted by Crippen LogP contribution is -2.42. The second kappa shape index (κ2) is 12.2. The number of alkyl halides is 9. The third-order valence-corrected chi connectivity index (χ3v) is 6.02. The Morgan fingerprint density at radius 3 is 1.92 bits per heavy atom. The predicted molar refractivity (Wildman–Crippen MR) is 122 cm³/mol. The Morgan fingerprint density at radius 1 is 0.872 bits per heavy atom. The maximum Gasteiger partial charge on any atom is 0.417 e. The van der Waals surface area contributed by atoms with Crippen molar-refractivity contribution < 1.29 is 53.5 Å². The van der Waals surface area contributed by atoms with Crippen LogP contribution < -0.4 is 10.9 Å². The van der Waals surface area contributed by atoms with Gasteiger partial charge in [0, 0.05) is 12.0 Å². The Hall–Kier alpha value is -2.71. The van der Waals surface area contributed by atoms with Gasteiger partial charge in [0.15, 0.2) is 0 Å². The highest BCUT2D eigenvalue weighted by Gasteiger charge is 2.41. The monoisotopic (exact) mass is 632 g/mol. The first kappa shape index (κ1) is 32.5. The smallest absolute Gasteiger partial charge is 0.273 e. The molecule has 0 bridgehead atoms. The Kier molecular flexibility index (Phi) is 10.2. The number of hydrazine groups is 1. The van der Waals surface area contributed by atoms with Crippen molar-refractivity contribution in [1.82, 2.24) is 10.9 Å². The first-order valence-corrected chi connectivity index (χ1v) is 11.3. The summed E-state index contributed by atoms with van der Waals surface area (Å²) in [5.74, 6) is -7.51. The van der Waals surface area contributed by atoms with Gasteiger partial charge in [0.1, 0.15) is 11.7 Å². The van der Waals surface area contributed by atoms with Crippen molar-refractivity contribution in [1.29, 1.82) is 0 Å². The van der Waals surface area contributed by atoms with Gasteiger partial charge in [0.2, 0.25) is 5.91 Å². The van der Waals surface area contributed by atoms with Crippen molar-refractivity contribution in [2.45, 2.75) is 37.3 Å². The SMILES string of the molecule is O=C(CCC(F)(F)F)NNC(=O)c1ccc(C(F)=CC(c2cc(Cl)c(Cl)c(Cl)c2)C(F)(F)F)cc1C(F)(F)F. The quantitative estimate of drug-likeness (QED) is 0.191. The lowest BCUT2D eigenvalue weighted by molar-refractivity contribution is -0.144. The first-order valence-electron chi connectivity index (χ1n) is 10.2. The largest absolute Gasteiger partial charge is 0.417 e. The minimum atomic E-state index is -5.34. The fourth-order valence-electron chi connectivity index (χ4n) is 3.01. The summed E-state index contributed by atoms with van der Waals surface area (Å²) in [6.45, 7) is 0. The highest BCUT2D eigenvalue weighted by atomic mass is 35.5. The van der Waals surface area contributed by atoms with E-state index in [2.05, 4.69) is 0 Å². The number of carbonyl (C=O) groups excluding carboxylic acids is 2. The summed E-state index contributed by atoms with van der Waals surface area (Å²) in [7, 11) is 0. The van der Waals surface area contributed by atoms with E-state index in [0.29, 0.717) is 12.1 Å². The topological polar surface area (TPSA) is 58.2 Å². The van der Waals surface area contributed by atoms with Crippen LogP contribution in [0, 0.1) is 0 Å². The summed E-state index contributed by atoms with van der Waals surface area (Å²) in [5, 5.41) is -1.09. The van der Waals surface area contributed by atoms with E-state index in [0.717, 1.165) is 12.1 Å². The Bertz CT molecular complexity index is 1250. The van der Waals surface area contributed by atoms with Crippen molar-refractivity contribution >= 4 is 52.4 Å². The van der Waals surface area contributed by atoms with Crippen LogP contribution in [0.3, 0.4) is 0 Å². The number of allylic oxidation sites excluding steroid dienone is 1. The van der Waals surface area contributed by atoms with E-state index in [4.69, 9.17) is 34.8 Å². The molecule has 0 aliphatic carbocycles. The van der Waals surface area contributed by atoms with E-state index in [1.54, 1.807) is 0 Å². The molecule has 2 aromatic carbocycles. The molecule has 2 N–H and O–H groups in total. The van der Waals surface area contributed by atoms with Gasteiger partial charge in [0.25, 0.3) is 5.91 Å². The number of nitrogens with one attached hydrogen (secondary N) is 2. The molecular formula is C22H13Cl3F10N2O2. The molecule has 0 fully saturated rings. The van der Waals surface area contributed by atoms with Crippen molar-refractivity contribution in [3.63, 3.8) is 0 Å². The maximum atomic E-state index is 14.9. The lowest BCUT2D eigenvalue weighted by atomic mass is 9.95. The van der Waals surface area contributed by atoms with Gasteiger partial charge in [-0.2, -0.15) is 39.5 Å². The second-order valence-electron chi connectivity index (χ2n) is 7.71. The van der Waals surface area contributed by atoms with Crippen LogP contribution in [0.4, 0.5) is 43.9 Å². The van der Waals surface area contributed by atoms with Gasteiger partial charge in [-0.05, 0) is 35.9 Å². The first-order chi connectivity index (χ1) is 17.7. The number of carbonyl (C=O) groups is 2. The molecule has 17 heteroatoms. The molecule has 0 aliphatic heterocycles. The van der Waals surface area contributed by atoms with Gasteiger partial charge in [-0.15, -0.1) is 0 Å². The van der Waals surface area contributed by atoms with Crippen LogP contribution in [0.2, 0.25) is 15.1 Å². The average molecular weight is 634 g/mol. The van der Waals surface area contributed by atoms with Crippen LogP contribution in [0.5, 0.6) is 0 Å². The van der Waals surface area contributed by atoms with E-state index in [1.165, 1.54) is 10.9 Å². The van der Waals surface area contributed by atoms with Crippen molar-refractivity contribution in [2.75, 3.05) is 0 Å². The molecule has 4 nitrogen and oxygen atoms in total. The zero-order valence-electron chi connectivity index (χ0n) is 18.7. The van der Waals surface area contributed by atoms with Crippen molar-refractivity contribution in [3.05, 3.63) is 73.7 Å². The normalized spacial score (nSPS) is 13.7. The zero-order valence-corrected chi connectivity index (χ0v) is 21.0. The molecule has 2 rings (SSSR count). The van der Waals surface area contributed by atoms with Crippen molar-refractivity contribution in [2.24, 2.45) is 0 Å². The second-order valence-corrected chi connectivity index (χ2v) is 8.90. The summed E-state index contributed by atoms with van der Waals surface area (Å²) in [6.07, 6.45) is -18.0. The summed E-state index contributed by atoms with van der Waals surface area (Å²) in [4.78, 5) is 23.5. The summed E-state index contributed by atoms with van der Waals surface area (Å²) in [5.41, 5.74) is -1.72. The molecule has 0 aliphatic rings. The Morgan fingerprint density at radius 2 is 1.44 bits per heavy atom. The molecule has 0 radical (unpaired) electrons. The predicted octanol–water partition coefficient (Wildman–Crippen LogP) is 8.43. The van der Waals surface area contributed by atoms with Gasteiger partial charge in [-0.1, -0.05) is 40.9 Å². The van der Waals surface area contributed by atoms with Crippen molar-refractivity contribution in [3.8, 4) is 0 Å². The maximum absolute atomic E-state index is 14.9. The molecule has 0 saturated carbocycles. The molecule has 214 valence electrons. The molecule has 0 heterocycles. The van der Waals surface area contributed by atoms with Gasteiger partial charge in [-0.3, -0.25) is 20.4 Å². The van der Waals surface area contributed by atoms with Gasteiger partial charge in [-0.25, -0.2) is 4.39 Å². The summed E-state index contributed by atoms with van der Waals surface area (Å²) < 4.78 is 133. The van der Waals surface area contributed by atoms with Crippen LogP contribution >= 0.6 is 34.8 Å². The number of amides is 2. The van der Waals surface area contributed by atoms with Gasteiger partial charge in [0.05, 0.1) is 32.6 Å². The highest BCUT2D eigenvalue weighted by molar-refractivity contribution is 6.48. The molecule has 0 spiro atoms. The molecule has 1 atom stereocenters. The third-order valence-electron chi connectivity index (χ3n) is 4.83. The van der Waals surface area contributed by atoms with Crippen LogP contribution in [0.25, 0.3) is 5.83 Å². The van der Waals surface area contributed by atoms with Crippen LogP contribution in [-0.4, -0.2) is 24.2 Å². The number of benzene rings is 2. The number of rotatable bonds is 6. The van der Waals surface area contributed by atoms with E-state index in [-0.39, 0.29) is 17.2 Å². The summed E-state index contributed by atoms with van der Waals surface area (Å²) >= 11 is 17.2. The Labute approximate surface area is 227 Å². The fourth-order valence-corrected chi connectivity index (χ4v) is 3.63. The van der Waals surface area contributed by atoms with E-state index in [9.17, 15) is 53.5 Å². The van der Waals surface area contributed by atoms with Crippen LogP contribution in [0.1, 0.15) is 45.8 Å². The number of hydrogen-bond acceptors (Lipinski definition) is 2. The fraction of sp³-hybridized carbons (Fsp3) is 0.273. The van der Waals surface area contributed by atoms with Gasteiger partial charge < -0.3 is 0 Å². The number of hydrogen-bond donors (Lipinski definition) is 2. The van der Waals surface area contributed by atoms with Crippen LogP contribution in [0.15, 0.2) is 36.4 Å². The van der Waals surface area contributed by atoms with E-state index in [1.807, 2.05) is 0 Å². The molecule has 39 heavy (non-hydrogen) atoms.